The highest BCUT2D eigenvalue weighted by Crippen LogP contribution is 2.32. The van der Waals surface area contributed by atoms with Crippen molar-refractivity contribution in [1.29, 1.82) is 5.26 Å². The van der Waals surface area contributed by atoms with Gasteiger partial charge in [-0.1, -0.05) is 6.07 Å². The fraction of sp³-hybridized carbons (Fsp3) is 0.273. The lowest BCUT2D eigenvalue weighted by molar-refractivity contribution is 0.0596. The molecule has 0 aliphatic carbocycles. The number of carbonyl (C=O) groups excluding carboxylic acids is 1. The van der Waals surface area contributed by atoms with Crippen molar-refractivity contribution in [2.75, 3.05) is 20.0 Å². The third kappa shape index (κ3) is 2.67. The van der Waals surface area contributed by atoms with Gasteiger partial charge in [-0.05, 0) is 12.1 Å². The van der Waals surface area contributed by atoms with Gasteiger partial charge < -0.3 is 9.47 Å². The van der Waals surface area contributed by atoms with E-state index in [-0.39, 0.29) is 5.75 Å². The van der Waals surface area contributed by atoms with E-state index in [1.807, 2.05) is 6.07 Å². The Labute approximate surface area is 98.2 Å². The van der Waals surface area contributed by atoms with Crippen LogP contribution in [0.3, 0.4) is 0 Å². The molecule has 0 bridgehead atoms. The molecule has 1 aromatic rings. The van der Waals surface area contributed by atoms with Gasteiger partial charge in [-0.2, -0.15) is 5.26 Å². The third-order valence-corrected chi connectivity index (χ3v) is 2.87. The molecule has 0 unspecified atom stereocenters. The van der Waals surface area contributed by atoms with Gasteiger partial charge in [0.25, 0.3) is 0 Å². The first-order valence-electron chi connectivity index (χ1n) is 4.49. The fourth-order valence-electron chi connectivity index (χ4n) is 1.20. The van der Waals surface area contributed by atoms with Gasteiger partial charge in [0.2, 0.25) is 0 Å². The van der Waals surface area contributed by atoms with E-state index in [0.717, 1.165) is 0 Å². The number of ether oxygens (including phenoxy) is 2. The molecule has 16 heavy (non-hydrogen) atoms. The number of carbonyl (C=O) groups is 1. The van der Waals surface area contributed by atoms with E-state index in [0.29, 0.717) is 16.2 Å². The fourth-order valence-corrected chi connectivity index (χ4v) is 2.01. The smallest absolute Gasteiger partial charge is 0.339 e. The molecule has 0 atom stereocenters. The van der Waals surface area contributed by atoms with Crippen LogP contribution in [0.2, 0.25) is 0 Å². The molecule has 0 heterocycles. The summed E-state index contributed by atoms with van der Waals surface area (Å²) >= 11 is 1.25. The summed E-state index contributed by atoms with van der Waals surface area (Å²) in [6.45, 7) is 0. The minimum atomic E-state index is -0.431. The number of hydrogen-bond acceptors (Lipinski definition) is 5. The lowest BCUT2D eigenvalue weighted by Crippen LogP contribution is -2.04. The van der Waals surface area contributed by atoms with Gasteiger partial charge in [-0.25, -0.2) is 4.79 Å². The summed E-state index contributed by atoms with van der Waals surface area (Å²) in [6, 6.07) is 7.11. The summed E-state index contributed by atoms with van der Waals surface area (Å²) in [5.41, 5.74) is 0.419. The number of methoxy groups -OCH3 is 2. The molecule has 1 rings (SSSR count). The van der Waals surface area contributed by atoms with Crippen molar-refractivity contribution in [3.8, 4) is 11.8 Å². The Kier molecular flexibility index (Phi) is 4.67. The standard InChI is InChI=1S/C11H11NO3S/c1-14-9-5-3-4-8(11(13)15-2)10(9)16-7-6-12/h3-5H,7H2,1-2H3. The van der Waals surface area contributed by atoms with E-state index in [1.54, 1.807) is 18.2 Å². The Morgan fingerprint density at radius 3 is 2.81 bits per heavy atom. The van der Waals surface area contributed by atoms with Crippen LogP contribution in [0.25, 0.3) is 0 Å². The maximum Gasteiger partial charge on any atom is 0.339 e. The van der Waals surface area contributed by atoms with Gasteiger partial charge in [-0.3, -0.25) is 0 Å². The minimum absolute atomic E-state index is 0.254. The Morgan fingerprint density at radius 2 is 2.25 bits per heavy atom. The lowest BCUT2D eigenvalue weighted by atomic mass is 10.2. The maximum absolute atomic E-state index is 11.5. The quantitative estimate of drug-likeness (QED) is 0.593. The van der Waals surface area contributed by atoms with E-state index in [1.165, 1.54) is 26.0 Å². The summed E-state index contributed by atoms with van der Waals surface area (Å²) in [5, 5.41) is 8.55. The Hall–Kier alpha value is -1.67. The molecule has 0 amide bonds. The van der Waals surface area contributed by atoms with Crippen LogP contribution in [-0.4, -0.2) is 25.9 Å². The zero-order valence-electron chi connectivity index (χ0n) is 9.02. The number of benzene rings is 1. The number of thioether (sulfide) groups is 1. The highest BCUT2D eigenvalue weighted by atomic mass is 32.2. The molecule has 1 aromatic carbocycles. The molecule has 0 spiro atoms. The Balaban J connectivity index is 3.15. The van der Waals surface area contributed by atoms with Crippen molar-refractivity contribution in [3.05, 3.63) is 23.8 Å². The van der Waals surface area contributed by atoms with Crippen LogP contribution in [0.5, 0.6) is 5.75 Å². The van der Waals surface area contributed by atoms with E-state index < -0.39 is 5.97 Å². The predicted molar refractivity (Wildman–Crippen MR) is 60.7 cm³/mol. The SMILES string of the molecule is COC(=O)c1cccc(OC)c1SCC#N. The molecule has 0 radical (unpaired) electrons. The van der Waals surface area contributed by atoms with Crippen LogP contribution in [0, 0.1) is 11.3 Å². The van der Waals surface area contributed by atoms with Gasteiger partial charge in [0.1, 0.15) is 5.75 Å². The molecule has 0 aromatic heterocycles. The molecule has 0 N–H and O–H groups in total. The minimum Gasteiger partial charge on any atom is -0.496 e. The zero-order valence-corrected chi connectivity index (χ0v) is 9.84. The first-order chi connectivity index (χ1) is 7.74. The van der Waals surface area contributed by atoms with Gasteiger partial charge >= 0.3 is 5.97 Å². The van der Waals surface area contributed by atoms with E-state index in [9.17, 15) is 4.79 Å². The monoisotopic (exact) mass is 237 g/mol. The molecule has 84 valence electrons. The van der Waals surface area contributed by atoms with Crippen LogP contribution >= 0.6 is 11.8 Å². The first-order valence-corrected chi connectivity index (χ1v) is 5.48. The predicted octanol–water partition coefficient (Wildman–Crippen LogP) is 2.10. The van der Waals surface area contributed by atoms with Crippen molar-refractivity contribution in [1.82, 2.24) is 0 Å². The third-order valence-electron chi connectivity index (χ3n) is 1.89. The molecule has 4 nitrogen and oxygen atoms in total. The summed E-state index contributed by atoms with van der Waals surface area (Å²) in [4.78, 5) is 12.1. The van der Waals surface area contributed by atoms with Gasteiger partial charge in [0.15, 0.2) is 0 Å². The van der Waals surface area contributed by atoms with Crippen LogP contribution < -0.4 is 4.74 Å². The lowest BCUT2D eigenvalue weighted by Gasteiger charge is -2.10. The molecule has 0 saturated carbocycles. The largest absolute Gasteiger partial charge is 0.496 e. The molecule has 0 fully saturated rings. The van der Waals surface area contributed by atoms with Crippen molar-refractivity contribution in [2.45, 2.75) is 4.90 Å². The number of esters is 1. The maximum atomic E-state index is 11.5. The van der Waals surface area contributed by atoms with Crippen LogP contribution in [0.15, 0.2) is 23.1 Å². The number of rotatable bonds is 4. The summed E-state index contributed by atoms with van der Waals surface area (Å²) in [7, 11) is 2.84. The molecule has 0 aliphatic rings. The van der Waals surface area contributed by atoms with Crippen LogP contribution in [0.1, 0.15) is 10.4 Å². The topological polar surface area (TPSA) is 59.3 Å². The molecule has 0 aliphatic heterocycles. The Bertz CT molecular complexity index is 426. The normalized spacial score (nSPS) is 9.31. The van der Waals surface area contributed by atoms with Crippen molar-refractivity contribution < 1.29 is 14.3 Å². The van der Waals surface area contributed by atoms with Crippen molar-refractivity contribution >= 4 is 17.7 Å². The number of hydrogen-bond donors (Lipinski definition) is 0. The molecule has 5 heteroatoms. The second kappa shape index (κ2) is 6.03. The van der Waals surface area contributed by atoms with Crippen molar-refractivity contribution in [2.24, 2.45) is 0 Å². The second-order valence-electron chi connectivity index (χ2n) is 2.78. The van der Waals surface area contributed by atoms with E-state index >= 15 is 0 Å². The number of nitriles is 1. The van der Waals surface area contributed by atoms with Crippen molar-refractivity contribution in [3.63, 3.8) is 0 Å². The van der Waals surface area contributed by atoms with Gasteiger partial charge in [0, 0.05) is 0 Å². The van der Waals surface area contributed by atoms with E-state index in [2.05, 4.69) is 4.74 Å². The molecular formula is C11H11NO3S. The number of nitrogens with zero attached hydrogens (tertiary/aromatic N) is 1. The average molecular weight is 237 g/mol. The summed E-state index contributed by atoms with van der Waals surface area (Å²) in [5.74, 6) is 0.396. The summed E-state index contributed by atoms with van der Waals surface area (Å²) in [6.07, 6.45) is 0. The first kappa shape index (κ1) is 12.4. The molecule has 0 saturated heterocycles. The van der Waals surface area contributed by atoms with E-state index in [4.69, 9.17) is 10.00 Å². The zero-order chi connectivity index (χ0) is 12.0. The molecular weight excluding hydrogens is 226 g/mol. The van der Waals surface area contributed by atoms with Crippen LogP contribution in [-0.2, 0) is 4.74 Å². The van der Waals surface area contributed by atoms with Crippen LogP contribution in [0.4, 0.5) is 0 Å². The van der Waals surface area contributed by atoms with Gasteiger partial charge in [-0.15, -0.1) is 11.8 Å². The highest BCUT2D eigenvalue weighted by Gasteiger charge is 2.16. The summed E-state index contributed by atoms with van der Waals surface area (Å²) < 4.78 is 9.81. The average Bonchev–Trinajstić information content (AvgIpc) is 2.34. The van der Waals surface area contributed by atoms with Gasteiger partial charge in [0.05, 0.1) is 36.5 Å². The second-order valence-corrected chi connectivity index (χ2v) is 3.76. The highest BCUT2D eigenvalue weighted by molar-refractivity contribution is 7.99. The Morgan fingerprint density at radius 1 is 1.50 bits per heavy atom.